The van der Waals surface area contributed by atoms with E-state index in [0.717, 1.165) is 37.0 Å². The number of aryl methyl sites for hydroxylation is 1. The third-order valence-electron chi connectivity index (χ3n) is 2.18. The smallest absolute Gasteiger partial charge is 0.119 e. The van der Waals surface area contributed by atoms with Crippen LogP contribution in [0.2, 0.25) is 5.02 Å². The second-order valence-electron chi connectivity index (χ2n) is 3.40. The van der Waals surface area contributed by atoms with Crippen molar-refractivity contribution in [2.45, 2.75) is 32.1 Å². The van der Waals surface area contributed by atoms with Gasteiger partial charge in [0.2, 0.25) is 0 Å². The molecule has 14 heavy (non-hydrogen) atoms. The molecule has 0 N–H and O–H groups in total. The first kappa shape index (κ1) is 11.3. The summed E-state index contributed by atoms with van der Waals surface area (Å²) in [5.74, 6) is 0. The Morgan fingerprint density at radius 1 is 1.21 bits per heavy atom. The highest BCUT2D eigenvalue weighted by Crippen LogP contribution is 2.13. The summed E-state index contributed by atoms with van der Waals surface area (Å²) >= 11 is 5.86. The Balaban J connectivity index is 2.21. The highest BCUT2D eigenvalue weighted by atomic mass is 35.5. The van der Waals surface area contributed by atoms with Gasteiger partial charge in [0.15, 0.2) is 0 Å². The van der Waals surface area contributed by atoms with Gasteiger partial charge in [0, 0.05) is 11.4 Å². The van der Waals surface area contributed by atoms with Crippen molar-refractivity contribution < 1.29 is 4.79 Å². The molecule has 0 saturated heterocycles. The number of unbranched alkanes of at least 4 members (excludes halogenated alkanes) is 3. The van der Waals surface area contributed by atoms with Gasteiger partial charge < -0.3 is 4.79 Å². The van der Waals surface area contributed by atoms with Crippen LogP contribution in [0, 0.1) is 0 Å². The number of halogens is 1. The number of hydrogen-bond acceptors (Lipinski definition) is 1. The molecule has 0 bridgehead atoms. The molecule has 2 heteroatoms. The van der Waals surface area contributed by atoms with E-state index in [0.29, 0.717) is 6.42 Å². The van der Waals surface area contributed by atoms with Crippen molar-refractivity contribution >= 4 is 17.9 Å². The lowest BCUT2D eigenvalue weighted by Crippen LogP contribution is -1.86. The molecule has 0 aliphatic rings. The van der Waals surface area contributed by atoms with Crippen LogP contribution in [0.5, 0.6) is 0 Å². The van der Waals surface area contributed by atoms with E-state index in [4.69, 9.17) is 11.6 Å². The minimum Gasteiger partial charge on any atom is -0.303 e. The normalized spacial score (nSPS) is 10.1. The van der Waals surface area contributed by atoms with Gasteiger partial charge in [0.1, 0.15) is 6.29 Å². The van der Waals surface area contributed by atoms with Gasteiger partial charge in [0.25, 0.3) is 0 Å². The molecular formula is C12H15ClO. The molecule has 1 aromatic rings. The van der Waals surface area contributed by atoms with Gasteiger partial charge in [-0.15, -0.1) is 0 Å². The van der Waals surface area contributed by atoms with E-state index in [-0.39, 0.29) is 0 Å². The number of rotatable bonds is 6. The van der Waals surface area contributed by atoms with Crippen LogP contribution >= 0.6 is 11.6 Å². The molecule has 0 aliphatic heterocycles. The minimum atomic E-state index is 0.690. The van der Waals surface area contributed by atoms with Gasteiger partial charge >= 0.3 is 0 Å². The van der Waals surface area contributed by atoms with Gasteiger partial charge in [0.05, 0.1) is 0 Å². The van der Waals surface area contributed by atoms with Gasteiger partial charge in [-0.25, -0.2) is 0 Å². The topological polar surface area (TPSA) is 17.1 Å². The summed E-state index contributed by atoms with van der Waals surface area (Å²) in [6.07, 6.45) is 5.98. The Morgan fingerprint density at radius 2 is 2.07 bits per heavy atom. The first-order chi connectivity index (χ1) is 6.83. The molecule has 0 spiro atoms. The van der Waals surface area contributed by atoms with E-state index in [1.807, 2.05) is 18.2 Å². The Bertz CT molecular complexity index is 283. The SMILES string of the molecule is O=CCCCCCc1cccc(Cl)c1. The highest BCUT2D eigenvalue weighted by molar-refractivity contribution is 6.30. The molecule has 0 heterocycles. The average Bonchev–Trinajstić information content (AvgIpc) is 2.18. The van der Waals surface area contributed by atoms with Crippen LogP contribution in [-0.4, -0.2) is 6.29 Å². The van der Waals surface area contributed by atoms with E-state index in [1.165, 1.54) is 5.56 Å². The van der Waals surface area contributed by atoms with Gasteiger partial charge in [-0.3, -0.25) is 0 Å². The fourth-order valence-corrected chi connectivity index (χ4v) is 1.64. The average molecular weight is 211 g/mol. The number of carbonyl (C=O) groups excluding carboxylic acids is 1. The maximum absolute atomic E-state index is 10.1. The first-order valence-electron chi connectivity index (χ1n) is 5.01. The number of carbonyl (C=O) groups is 1. The third-order valence-corrected chi connectivity index (χ3v) is 2.41. The molecule has 76 valence electrons. The lowest BCUT2D eigenvalue weighted by Gasteiger charge is -2.00. The fraction of sp³-hybridized carbons (Fsp3) is 0.417. The molecular weight excluding hydrogens is 196 g/mol. The second kappa shape index (κ2) is 6.61. The predicted molar refractivity (Wildman–Crippen MR) is 59.7 cm³/mol. The van der Waals surface area contributed by atoms with E-state index in [2.05, 4.69) is 6.07 Å². The molecule has 0 amide bonds. The summed E-state index contributed by atoms with van der Waals surface area (Å²) in [4.78, 5) is 10.1. The summed E-state index contributed by atoms with van der Waals surface area (Å²) in [6, 6.07) is 7.95. The highest BCUT2D eigenvalue weighted by Gasteiger charge is 1.94. The molecule has 1 rings (SSSR count). The second-order valence-corrected chi connectivity index (χ2v) is 3.83. The number of benzene rings is 1. The molecule has 0 aliphatic carbocycles. The van der Waals surface area contributed by atoms with Crippen molar-refractivity contribution in [3.8, 4) is 0 Å². The fourth-order valence-electron chi connectivity index (χ4n) is 1.43. The molecule has 0 aromatic heterocycles. The lowest BCUT2D eigenvalue weighted by molar-refractivity contribution is -0.107. The summed E-state index contributed by atoms with van der Waals surface area (Å²) in [5, 5.41) is 0.801. The Labute approximate surface area is 90.1 Å². The summed E-state index contributed by atoms with van der Waals surface area (Å²) < 4.78 is 0. The van der Waals surface area contributed by atoms with Crippen LogP contribution in [0.1, 0.15) is 31.2 Å². The van der Waals surface area contributed by atoms with E-state index in [1.54, 1.807) is 0 Å². The summed E-state index contributed by atoms with van der Waals surface area (Å²) in [6.45, 7) is 0. The van der Waals surface area contributed by atoms with Crippen molar-refractivity contribution in [2.75, 3.05) is 0 Å². The molecule has 0 saturated carbocycles. The zero-order chi connectivity index (χ0) is 10.2. The summed E-state index contributed by atoms with van der Waals surface area (Å²) in [7, 11) is 0. The molecule has 1 aromatic carbocycles. The lowest BCUT2D eigenvalue weighted by atomic mass is 10.1. The van der Waals surface area contributed by atoms with Gasteiger partial charge in [-0.2, -0.15) is 0 Å². The predicted octanol–water partition coefficient (Wildman–Crippen LogP) is 3.64. The van der Waals surface area contributed by atoms with Crippen LogP contribution in [0.15, 0.2) is 24.3 Å². The maximum Gasteiger partial charge on any atom is 0.119 e. The Morgan fingerprint density at radius 3 is 2.79 bits per heavy atom. The molecule has 0 radical (unpaired) electrons. The minimum absolute atomic E-state index is 0.690. The zero-order valence-electron chi connectivity index (χ0n) is 8.21. The van der Waals surface area contributed by atoms with Crippen molar-refractivity contribution in [3.63, 3.8) is 0 Å². The number of aldehydes is 1. The molecule has 1 nitrogen and oxygen atoms in total. The first-order valence-corrected chi connectivity index (χ1v) is 5.39. The van der Waals surface area contributed by atoms with Crippen molar-refractivity contribution in [2.24, 2.45) is 0 Å². The zero-order valence-corrected chi connectivity index (χ0v) is 8.96. The largest absolute Gasteiger partial charge is 0.303 e. The van der Waals surface area contributed by atoms with Crippen LogP contribution in [0.4, 0.5) is 0 Å². The molecule has 0 fully saturated rings. The maximum atomic E-state index is 10.1. The van der Waals surface area contributed by atoms with Crippen LogP contribution in [-0.2, 0) is 11.2 Å². The van der Waals surface area contributed by atoms with E-state index in [9.17, 15) is 4.79 Å². The van der Waals surface area contributed by atoms with Gasteiger partial charge in [-0.1, -0.05) is 30.2 Å². The quantitative estimate of drug-likeness (QED) is 0.518. The van der Waals surface area contributed by atoms with Crippen LogP contribution < -0.4 is 0 Å². The molecule has 0 atom stereocenters. The number of hydrogen-bond donors (Lipinski definition) is 0. The Kier molecular flexibility index (Phi) is 5.31. The van der Waals surface area contributed by atoms with Gasteiger partial charge in [-0.05, 0) is 37.0 Å². The van der Waals surface area contributed by atoms with E-state index >= 15 is 0 Å². The van der Waals surface area contributed by atoms with Crippen LogP contribution in [0.3, 0.4) is 0 Å². The monoisotopic (exact) mass is 210 g/mol. The standard InChI is InChI=1S/C12H15ClO/c13-12-8-5-7-11(10-12)6-3-1-2-4-9-14/h5,7-10H,1-4,6H2. The van der Waals surface area contributed by atoms with Crippen LogP contribution in [0.25, 0.3) is 0 Å². The molecule has 0 unspecified atom stereocenters. The third kappa shape index (κ3) is 4.43. The Hall–Kier alpha value is -0.820. The van der Waals surface area contributed by atoms with Crippen molar-refractivity contribution in [1.29, 1.82) is 0 Å². The van der Waals surface area contributed by atoms with E-state index < -0.39 is 0 Å². The summed E-state index contributed by atoms with van der Waals surface area (Å²) in [5.41, 5.74) is 1.28. The van der Waals surface area contributed by atoms with Crippen molar-refractivity contribution in [3.05, 3.63) is 34.9 Å². The van der Waals surface area contributed by atoms with Crippen molar-refractivity contribution in [1.82, 2.24) is 0 Å².